The smallest absolute Gasteiger partial charge is 0.345 e. The molecule has 3 heterocycles. The van der Waals surface area contributed by atoms with Crippen molar-refractivity contribution in [3.05, 3.63) is 146 Å². The number of ether oxygens (including phenoxy) is 4. The number of nitrogens with zero attached hydrogens (tertiary/aromatic N) is 10. The first kappa shape index (κ1) is 50.8. The number of rotatable bonds is 27. The third-order valence-electron chi connectivity index (χ3n) is 10.2. The van der Waals surface area contributed by atoms with Crippen LogP contribution in [0.4, 0.5) is 19.3 Å². The molecule has 3 aromatic carbocycles. The first-order chi connectivity index (χ1) is 33.6. The van der Waals surface area contributed by atoms with E-state index in [9.17, 15) is 19.2 Å². The van der Waals surface area contributed by atoms with Crippen LogP contribution < -0.4 is 21.5 Å². The van der Waals surface area contributed by atoms with Gasteiger partial charge in [-0.05, 0) is 49.2 Å². The molecular formula is C46H53F2N13O8. The summed E-state index contributed by atoms with van der Waals surface area (Å²) in [5.74, 6) is -3.08. The van der Waals surface area contributed by atoms with Crippen molar-refractivity contribution >= 4 is 29.4 Å². The van der Waals surface area contributed by atoms with Crippen molar-refractivity contribution in [2.45, 2.75) is 46.6 Å². The van der Waals surface area contributed by atoms with Crippen LogP contribution in [0.2, 0.25) is 0 Å². The van der Waals surface area contributed by atoms with Gasteiger partial charge in [-0.25, -0.2) is 32.4 Å². The van der Waals surface area contributed by atoms with Crippen LogP contribution in [0.5, 0.6) is 0 Å². The van der Waals surface area contributed by atoms with Gasteiger partial charge in [0.25, 0.3) is 5.56 Å². The van der Waals surface area contributed by atoms with E-state index < -0.39 is 41.3 Å². The highest BCUT2D eigenvalue weighted by molar-refractivity contribution is 5.90. The maximum Gasteiger partial charge on any atom is 0.345 e. The van der Waals surface area contributed by atoms with Crippen molar-refractivity contribution in [2.24, 2.45) is 5.11 Å². The molecule has 0 aliphatic carbocycles. The normalized spacial score (nSPS) is 11.1. The maximum atomic E-state index is 15.2. The SMILES string of the molecule is CCNC(=O)Nc1ccc(-c2nc3n(Cc4c(F)cccc4F)cc(C(=O)OCC)c(=O)n3c2CN(CC(=O)NCc2cn(CCOCCOCCOCCN=[N+]=[N-])nn2)Cc2ccccc2)cc1. The van der Waals surface area contributed by atoms with Crippen LogP contribution >= 0.6 is 0 Å². The van der Waals surface area contributed by atoms with Crippen molar-refractivity contribution in [1.82, 2.24) is 44.5 Å². The molecule has 6 rings (SSSR count). The lowest BCUT2D eigenvalue weighted by Gasteiger charge is -2.22. The monoisotopic (exact) mass is 953 g/mol. The van der Waals surface area contributed by atoms with Crippen molar-refractivity contribution in [2.75, 3.05) is 71.2 Å². The number of amides is 3. The van der Waals surface area contributed by atoms with E-state index in [-0.39, 0.29) is 68.0 Å². The summed E-state index contributed by atoms with van der Waals surface area (Å²) in [6.45, 7) is 6.04. The fourth-order valence-electron chi connectivity index (χ4n) is 7.03. The zero-order valence-corrected chi connectivity index (χ0v) is 38.2. The number of benzene rings is 3. The number of esters is 1. The Balaban J connectivity index is 1.25. The van der Waals surface area contributed by atoms with Gasteiger partial charge < -0.3 is 39.5 Å². The van der Waals surface area contributed by atoms with E-state index in [0.29, 0.717) is 69.7 Å². The van der Waals surface area contributed by atoms with Crippen molar-refractivity contribution in [3.8, 4) is 11.3 Å². The minimum Gasteiger partial charge on any atom is -0.462 e. The number of carbonyl (C=O) groups is 3. The van der Waals surface area contributed by atoms with Gasteiger partial charge in [0.05, 0.1) is 90.0 Å². The van der Waals surface area contributed by atoms with E-state index in [1.54, 1.807) is 53.9 Å². The molecule has 3 N–H and O–H groups in total. The fourth-order valence-corrected chi connectivity index (χ4v) is 7.03. The molecular weight excluding hydrogens is 901 g/mol. The second-order valence-electron chi connectivity index (χ2n) is 15.2. The molecule has 3 aromatic heterocycles. The minimum atomic E-state index is -0.955. The molecule has 6 aromatic rings. The Kier molecular flexibility index (Phi) is 19.2. The number of aromatic nitrogens is 6. The van der Waals surface area contributed by atoms with E-state index in [0.717, 1.165) is 17.7 Å². The number of nitrogens with one attached hydrogen (secondary N) is 3. The van der Waals surface area contributed by atoms with Crippen LogP contribution in [0.1, 0.15) is 46.7 Å². The van der Waals surface area contributed by atoms with Crippen LogP contribution in [-0.2, 0) is 56.5 Å². The van der Waals surface area contributed by atoms with E-state index in [2.05, 4.69) is 36.3 Å². The Hall–Kier alpha value is -7.56. The van der Waals surface area contributed by atoms with Crippen LogP contribution in [0, 0.1) is 11.6 Å². The van der Waals surface area contributed by atoms with Crippen molar-refractivity contribution < 1.29 is 42.1 Å². The molecule has 0 saturated heterocycles. The molecule has 0 saturated carbocycles. The number of anilines is 1. The number of urea groups is 1. The fraction of sp³-hybridized carbons (Fsp3) is 0.370. The van der Waals surface area contributed by atoms with Crippen LogP contribution in [-0.4, -0.2) is 118 Å². The van der Waals surface area contributed by atoms with E-state index in [4.69, 9.17) is 29.5 Å². The first-order valence-corrected chi connectivity index (χ1v) is 22.1. The highest BCUT2D eigenvalue weighted by atomic mass is 19.1. The third-order valence-corrected chi connectivity index (χ3v) is 10.2. The molecule has 0 bridgehead atoms. The quantitative estimate of drug-likeness (QED) is 0.0201. The number of hydrogen-bond donors (Lipinski definition) is 3. The summed E-state index contributed by atoms with van der Waals surface area (Å²) >= 11 is 0. The minimum absolute atomic E-state index is 0.0436. The molecule has 21 nitrogen and oxygen atoms in total. The molecule has 0 fully saturated rings. The third kappa shape index (κ3) is 14.7. The van der Waals surface area contributed by atoms with Gasteiger partial charge in [-0.3, -0.25) is 14.5 Å². The van der Waals surface area contributed by atoms with Gasteiger partial charge in [-0.1, -0.05) is 58.9 Å². The molecule has 0 atom stereocenters. The lowest BCUT2D eigenvalue weighted by Crippen LogP contribution is -2.37. The predicted octanol–water partition coefficient (Wildman–Crippen LogP) is 5.08. The average molecular weight is 954 g/mol. The Bertz CT molecular complexity index is 2740. The Morgan fingerprint density at radius 2 is 1.57 bits per heavy atom. The number of azide groups is 1. The highest BCUT2D eigenvalue weighted by Crippen LogP contribution is 2.28. The van der Waals surface area contributed by atoms with Crippen LogP contribution in [0.3, 0.4) is 0 Å². The van der Waals surface area contributed by atoms with E-state index in [1.165, 1.54) is 21.2 Å². The molecule has 0 unspecified atom stereocenters. The van der Waals surface area contributed by atoms with Gasteiger partial charge in [0.15, 0.2) is 0 Å². The number of halogens is 2. The Labute approximate surface area is 394 Å². The van der Waals surface area contributed by atoms with Gasteiger partial charge >= 0.3 is 12.0 Å². The van der Waals surface area contributed by atoms with Gasteiger partial charge in [-0.15, -0.1) is 5.10 Å². The van der Waals surface area contributed by atoms with Gasteiger partial charge in [0.1, 0.15) is 22.9 Å². The Morgan fingerprint density at radius 3 is 2.26 bits per heavy atom. The summed E-state index contributed by atoms with van der Waals surface area (Å²) in [6.07, 6.45) is 2.87. The van der Waals surface area contributed by atoms with Crippen molar-refractivity contribution in [1.29, 1.82) is 0 Å². The Morgan fingerprint density at radius 1 is 0.855 bits per heavy atom. The van der Waals surface area contributed by atoms with E-state index >= 15 is 8.78 Å². The molecule has 0 spiro atoms. The summed E-state index contributed by atoms with van der Waals surface area (Å²) in [5.41, 5.74) is 9.54. The second-order valence-corrected chi connectivity index (χ2v) is 15.2. The second kappa shape index (κ2) is 26.1. The van der Waals surface area contributed by atoms with Crippen molar-refractivity contribution in [3.63, 3.8) is 0 Å². The zero-order valence-electron chi connectivity index (χ0n) is 38.2. The molecule has 3 amide bonds. The molecule has 23 heteroatoms. The molecule has 364 valence electrons. The summed E-state index contributed by atoms with van der Waals surface area (Å²) in [5, 5.41) is 20.0. The molecule has 0 aliphatic heterocycles. The molecule has 0 radical (unpaired) electrons. The van der Waals surface area contributed by atoms with Gasteiger partial charge in [0.2, 0.25) is 11.7 Å². The van der Waals surface area contributed by atoms with Crippen LogP contribution in [0.25, 0.3) is 27.5 Å². The highest BCUT2D eigenvalue weighted by Gasteiger charge is 2.27. The maximum absolute atomic E-state index is 15.2. The van der Waals surface area contributed by atoms with Crippen LogP contribution in [0.15, 0.2) is 95.1 Å². The summed E-state index contributed by atoms with van der Waals surface area (Å²) in [6, 6.07) is 19.0. The van der Waals surface area contributed by atoms with E-state index in [1.807, 2.05) is 30.3 Å². The number of hydrogen-bond acceptors (Lipinski definition) is 13. The molecule has 69 heavy (non-hydrogen) atoms. The number of carbonyl (C=O) groups excluding carboxylic acids is 3. The topological polar surface area (TPSA) is 246 Å². The van der Waals surface area contributed by atoms with Gasteiger partial charge in [0, 0.05) is 54.1 Å². The zero-order chi connectivity index (χ0) is 49.0. The summed E-state index contributed by atoms with van der Waals surface area (Å²) in [4.78, 5) is 63.4. The molecule has 0 aliphatic rings. The number of fused-ring (bicyclic) bond motifs is 1. The lowest BCUT2D eigenvalue weighted by atomic mass is 10.1. The summed E-state index contributed by atoms with van der Waals surface area (Å²) in [7, 11) is 0. The lowest BCUT2D eigenvalue weighted by molar-refractivity contribution is -0.122. The predicted molar refractivity (Wildman–Crippen MR) is 248 cm³/mol. The first-order valence-electron chi connectivity index (χ1n) is 22.1. The van der Waals surface area contributed by atoms with Gasteiger partial charge in [-0.2, -0.15) is 0 Å². The summed E-state index contributed by atoms with van der Waals surface area (Å²) < 4.78 is 56.1. The largest absolute Gasteiger partial charge is 0.462 e. The number of imidazole rings is 1. The average Bonchev–Trinajstić information content (AvgIpc) is 3.96. The standard InChI is InChI=1S/C46H53F2N13O8/c1-3-50-45(65)53-34-15-13-33(14-16-34)42-40(61-43(63)37(44(64)69-4-2)29-59(46(61)54-42)28-36-38(47)11-8-12-39(36)48)30-58(26-32-9-6-5-7-10-32)31-41(62)51-25-35-27-60(57-55-35)18-20-67-22-24-68-23-21-66-19-17-52-56-49/h5-16,27,29H,3-4,17-26,28,30-31H2,1-2H3,(H,51,62)(H2,50,53,65).